The highest BCUT2D eigenvalue weighted by Gasteiger charge is 2.09. The summed E-state index contributed by atoms with van der Waals surface area (Å²) in [6, 6.07) is 6.31. The van der Waals surface area contributed by atoms with Crippen LogP contribution in [0.1, 0.15) is 0 Å². The van der Waals surface area contributed by atoms with E-state index >= 15 is 0 Å². The molecule has 5 heteroatoms. The summed E-state index contributed by atoms with van der Waals surface area (Å²) in [4.78, 5) is 13.5. The van der Waals surface area contributed by atoms with Gasteiger partial charge in [-0.25, -0.2) is 0 Å². The van der Waals surface area contributed by atoms with Gasteiger partial charge in [0.1, 0.15) is 0 Å². The summed E-state index contributed by atoms with van der Waals surface area (Å²) in [6.45, 7) is 0. The maximum Gasteiger partial charge on any atom is 0.247 e. The van der Waals surface area contributed by atoms with Crippen LogP contribution in [0.3, 0.4) is 0 Å². The van der Waals surface area contributed by atoms with E-state index < -0.39 is 0 Å². The van der Waals surface area contributed by atoms with Gasteiger partial charge in [-0.1, -0.05) is 23.2 Å². The second-order valence-electron chi connectivity index (χ2n) is 3.30. The fourth-order valence-electron chi connectivity index (χ4n) is 1.43. The van der Waals surface area contributed by atoms with Crippen LogP contribution in [0.15, 0.2) is 35.3 Å². The molecule has 0 aliphatic rings. The first kappa shape index (κ1) is 11.0. The molecule has 0 amide bonds. The molecule has 2 rings (SSSR count). The van der Waals surface area contributed by atoms with Gasteiger partial charge >= 0.3 is 0 Å². The Morgan fingerprint density at radius 3 is 2.25 bits per heavy atom. The molecule has 1 heterocycles. The molecule has 3 nitrogen and oxygen atoms in total. The summed E-state index contributed by atoms with van der Waals surface area (Å²) in [5.41, 5.74) is 7.34. The third-order valence-electron chi connectivity index (χ3n) is 2.14. The van der Waals surface area contributed by atoms with Crippen LogP contribution in [0.5, 0.6) is 0 Å². The number of aromatic amines is 1. The maximum absolute atomic E-state index is 10.9. The molecule has 0 unspecified atom stereocenters. The first-order valence-corrected chi connectivity index (χ1v) is 5.27. The number of halogens is 2. The van der Waals surface area contributed by atoms with Crippen molar-refractivity contribution in [2.75, 3.05) is 5.73 Å². The van der Waals surface area contributed by atoms with Gasteiger partial charge in [-0.2, -0.15) is 0 Å². The zero-order valence-corrected chi connectivity index (χ0v) is 9.64. The highest BCUT2D eigenvalue weighted by atomic mass is 35.5. The molecule has 0 atom stereocenters. The Hall–Kier alpha value is -1.45. The molecule has 0 radical (unpaired) electrons. The lowest BCUT2D eigenvalue weighted by molar-refractivity contribution is 1.24. The van der Waals surface area contributed by atoms with Gasteiger partial charge in [0.25, 0.3) is 0 Å². The Labute approximate surface area is 102 Å². The van der Waals surface area contributed by atoms with E-state index in [9.17, 15) is 4.79 Å². The second-order valence-corrected chi connectivity index (χ2v) is 4.12. The van der Waals surface area contributed by atoms with E-state index in [1.54, 1.807) is 24.4 Å². The van der Waals surface area contributed by atoms with Gasteiger partial charge in [0.15, 0.2) is 0 Å². The average Bonchev–Trinajstić information content (AvgIpc) is 2.19. The van der Waals surface area contributed by atoms with Crippen molar-refractivity contribution in [3.8, 4) is 11.1 Å². The van der Waals surface area contributed by atoms with Crippen LogP contribution in [0, 0.1) is 0 Å². The lowest BCUT2D eigenvalue weighted by atomic mass is 10.1. The van der Waals surface area contributed by atoms with Crippen LogP contribution in [-0.4, -0.2) is 4.98 Å². The predicted octanol–water partition coefficient (Wildman–Crippen LogP) is 2.93. The quantitative estimate of drug-likeness (QED) is 0.769. The van der Waals surface area contributed by atoms with Crippen molar-refractivity contribution in [3.63, 3.8) is 0 Å². The van der Waals surface area contributed by atoms with Gasteiger partial charge in [-0.3, -0.25) is 4.79 Å². The van der Waals surface area contributed by atoms with Crippen LogP contribution in [-0.2, 0) is 0 Å². The first-order chi connectivity index (χ1) is 7.58. The number of H-pyrrole nitrogens is 1. The van der Waals surface area contributed by atoms with Crippen LogP contribution in [0.2, 0.25) is 10.0 Å². The number of pyridine rings is 1. The van der Waals surface area contributed by atoms with Crippen molar-refractivity contribution in [1.29, 1.82) is 0 Å². The molecular formula is C11H8Cl2N2O. The second kappa shape index (κ2) is 4.20. The summed E-state index contributed by atoms with van der Waals surface area (Å²) < 4.78 is 0. The minimum atomic E-state index is -0.175. The number of aromatic nitrogens is 1. The van der Waals surface area contributed by atoms with E-state index in [4.69, 9.17) is 28.9 Å². The van der Waals surface area contributed by atoms with Crippen molar-refractivity contribution < 1.29 is 0 Å². The van der Waals surface area contributed by atoms with Crippen molar-refractivity contribution in [3.05, 3.63) is 50.9 Å². The van der Waals surface area contributed by atoms with Gasteiger partial charge in [0.05, 0.1) is 10.0 Å². The van der Waals surface area contributed by atoms with Crippen molar-refractivity contribution in [2.45, 2.75) is 0 Å². The molecular weight excluding hydrogens is 247 g/mol. The highest BCUT2D eigenvalue weighted by Crippen LogP contribution is 2.35. The number of hydrogen-bond donors (Lipinski definition) is 2. The molecule has 0 aliphatic carbocycles. The Balaban J connectivity index is 2.64. The summed E-state index contributed by atoms with van der Waals surface area (Å²) in [5, 5.41) is 0.911. The summed E-state index contributed by atoms with van der Waals surface area (Å²) >= 11 is 12.1. The van der Waals surface area contributed by atoms with Crippen LogP contribution in [0.4, 0.5) is 5.69 Å². The molecule has 3 N–H and O–H groups in total. The zero-order chi connectivity index (χ0) is 11.7. The third kappa shape index (κ3) is 2.05. The Morgan fingerprint density at radius 1 is 1.12 bits per heavy atom. The topological polar surface area (TPSA) is 58.9 Å². The first-order valence-electron chi connectivity index (χ1n) is 4.51. The number of nitrogen functional groups attached to an aromatic ring is 1. The number of anilines is 1. The molecule has 1 aromatic carbocycles. The lowest BCUT2D eigenvalue weighted by Gasteiger charge is -2.07. The molecule has 0 fully saturated rings. The highest BCUT2D eigenvalue weighted by molar-refractivity contribution is 6.39. The van der Waals surface area contributed by atoms with E-state index in [1.807, 2.05) is 0 Å². The van der Waals surface area contributed by atoms with Crippen LogP contribution < -0.4 is 11.3 Å². The molecule has 0 saturated carbocycles. The molecule has 16 heavy (non-hydrogen) atoms. The van der Waals surface area contributed by atoms with E-state index in [0.29, 0.717) is 21.3 Å². The predicted molar refractivity (Wildman–Crippen MR) is 66.9 cm³/mol. The number of nitrogens with one attached hydrogen (secondary N) is 1. The van der Waals surface area contributed by atoms with Crippen molar-refractivity contribution in [2.24, 2.45) is 0 Å². The van der Waals surface area contributed by atoms with E-state index in [0.717, 1.165) is 5.56 Å². The normalized spacial score (nSPS) is 10.4. The minimum absolute atomic E-state index is 0.175. The fraction of sp³-hybridized carbons (Fsp3) is 0. The summed E-state index contributed by atoms with van der Waals surface area (Å²) in [6.07, 6.45) is 1.56. The molecule has 0 aliphatic heterocycles. The average molecular weight is 255 g/mol. The molecule has 0 bridgehead atoms. The van der Waals surface area contributed by atoms with Gasteiger partial charge < -0.3 is 10.7 Å². The summed E-state index contributed by atoms with van der Waals surface area (Å²) in [5.74, 6) is 0. The maximum atomic E-state index is 10.9. The van der Waals surface area contributed by atoms with Gasteiger partial charge in [-0.05, 0) is 18.2 Å². The van der Waals surface area contributed by atoms with Crippen LogP contribution >= 0.6 is 23.2 Å². The smallest absolute Gasteiger partial charge is 0.247 e. The number of hydrogen-bond acceptors (Lipinski definition) is 2. The SMILES string of the molecule is Nc1cc(Cl)c(-c2ccc(=O)[nH]c2)c(Cl)c1. The Kier molecular flexibility index (Phi) is 2.90. The Morgan fingerprint density at radius 2 is 1.75 bits per heavy atom. The Bertz CT molecular complexity index is 549. The van der Waals surface area contributed by atoms with E-state index in [-0.39, 0.29) is 5.56 Å². The van der Waals surface area contributed by atoms with Gasteiger partial charge in [0.2, 0.25) is 5.56 Å². The molecule has 82 valence electrons. The standard InChI is InChI=1S/C11H8Cl2N2O/c12-8-3-7(14)4-9(13)11(8)6-1-2-10(16)15-5-6/h1-5H,14H2,(H,15,16). The molecule has 2 aromatic rings. The monoisotopic (exact) mass is 254 g/mol. The molecule has 1 aromatic heterocycles. The molecule has 0 spiro atoms. The third-order valence-corrected chi connectivity index (χ3v) is 2.73. The summed E-state index contributed by atoms with van der Waals surface area (Å²) in [7, 11) is 0. The minimum Gasteiger partial charge on any atom is -0.399 e. The zero-order valence-electron chi connectivity index (χ0n) is 8.13. The number of rotatable bonds is 1. The van der Waals surface area contributed by atoms with Crippen LogP contribution in [0.25, 0.3) is 11.1 Å². The van der Waals surface area contributed by atoms with Gasteiger partial charge in [0, 0.05) is 29.1 Å². The van der Waals surface area contributed by atoms with Crippen molar-refractivity contribution in [1.82, 2.24) is 4.98 Å². The molecule has 0 saturated heterocycles. The number of nitrogens with two attached hydrogens (primary N) is 1. The lowest BCUT2D eigenvalue weighted by Crippen LogP contribution is -2.01. The fourth-order valence-corrected chi connectivity index (χ4v) is 2.16. The number of benzene rings is 1. The van der Waals surface area contributed by atoms with Crippen molar-refractivity contribution >= 4 is 28.9 Å². The van der Waals surface area contributed by atoms with Gasteiger partial charge in [-0.15, -0.1) is 0 Å². The van der Waals surface area contributed by atoms with E-state index in [2.05, 4.69) is 4.98 Å². The van der Waals surface area contributed by atoms with E-state index in [1.165, 1.54) is 6.07 Å². The largest absolute Gasteiger partial charge is 0.399 e.